The first-order chi connectivity index (χ1) is 8.20. The van der Waals surface area contributed by atoms with E-state index in [9.17, 15) is 18.0 Å². The highest BCUT2D eigenvalue weighted by Crippen LogP contribution is 2.19. The van der Waals surface area contributed by atoms with Gasteiger partial charge < -0.3 is 10.6 Å². The summed E-state index contributed by atoms with van der Waals surface area (Å²) in [5.41, 5.74) is 5.66. The Hall–Kier alpha value is -1.79. The molecule has 7 heteroatoms. The molecule has 0 bridgehead atoms. The maximum Gasteiger partial charge on any atom is 0.406 e. The number of aromatic nitrogens is 1. The number of nitrogen functional groups attached to an aromatic ring is 1. The second-order valence-corrected chi connectivity index (χ2v) is 4.12. The van der Waals surface area contributed by atoms with Gasteiger partial charge in [0.1, 0.15) is 12.2 Å². The lowest BCUT2D eigenvalue weighted by Crippen LogP contribution is -2.43. The van der Waals surface area contributed by atoms with E-state index in [0.29, 0.717) is 4.90 Å². The number of hydrogen-bond donors (Lipinski definition) is 1. The molecule has 1 aromatic rings. The lowest BCUT2D eigenvalue weighted by atomic mass is 10.2. The highest BCUT2D eigenvalue weighted by atomic mass is 19.4. The number of hydrogen-bond acceptors (Lipinski definition) is 3. The Balaban J connectivity index is 2.97. The van der Waals surface area contributed by atoms with Crippen LogP contribution < -0.4 is 5.73 Å². The first kappa shape index (κ1) is 14.3. The fourth-order valence-electron chi connectivity index (χ4n) is 1.39. The third-order valence-corrected chi connectivity index (χ3v) is 2.24. The monoisotopic (exact) mass is 261 g/mol. The van der Waals surface area contributed by atoms with Crippen LogP contribution in [0, 0.1) is 0 Å². The van der Waals surface area contributed by atoms with Crippen molar-refractivity contribution >= 4 is 11.6 Å². The average molecular weight is 261 g/mol. The van der Waals surface area contributed by atoms with Crippen molar-refractivity contribution in [3.8, 4) is 0 Å². The van der Waals surface area contributed by atoms with E-state index in [1.54, 1.807) is 0 Å². The quantitative estimate of drug-likeness (QED) is 0.906. The number of nitrogens with zero attached hydrogens (tertiary/aromatic N) is 2. The van der Waals surface area contributed by atoms with Gasteiger partial charge in [0.2, 0.25) is 0 Å². The van der Waals surface area contributed by atoms with Crippen molar-refractivity contribution in [3.63, 3.8) is 0 Å². The number of halogens is 3. The molecule has 1 rings (SSSR count). The number of nitrogens with two attached hydrogens (primary N) is 1. The molecule has 0 spiro atoms. The average Bonchev–Trinajstić information content (AvgIpc) is 2.23. The highest BCUT2D eigenvalue weighted by Gasteiger charge is 2.34. The highest BCUT2D eigenvalue weighted by molar-refractivity contribution is 5.93. The predicted octanol–water partition coefficient (Wildman–Crippen LogP) is 2.08. The van der Waals surface area contributed by atoms with Crippen LogP contribution >= 0.6 is 0 Å². The molecule has 0 saturated carbocycles. The third kappa shape index (κ3) is 3.90. The van der Waals surface area contributed by atoms with Crippen LogP contribution in [0.2, 0.25) is 0 Å². The number of pyridine rings is 1. The Morgan fingerprint density at radius 1 is 1.50 bits per heavy atom. The molecule has 100 valence electrons. The summed E-state index contributed by atoms with van der Waals surface area (Å²) in [6.07, 6.45) is -3.16. The van der Waals surface area contributed by atoms with Crippen molar-refractivity contribution < 1.29 is 18.0 Å². The lowest BCUT2D eigenvalue weighted by molar-refractivity contribution is -0.143. The van der Waals surface area contributed by atoms with Crippen molar-refractivity contribution in [1.29, 1.82) is 0 Å². The van der Waals surface area contributed by atoms with Gasteiger partial charge in [-0.3, -0.25) is 9.78 Å². The van der Waals surface area contributed by atoms with Crippen LogP contribution in [-0.2, 0) is 0 Å². The molecule has 0 atom stereocenters. The van der Waals surface area contributed by atoms with Gasteiger partial charge in [-0.25, -0.2) is 0 Å². The molecule has 0 aliphatic heterocycles. The van der Waals surface area contributed by atoms with Crippen molar-refractivity contribution in [2.24, 2.45) is 0 Å². The van der Waals surface area contributed by atoms with E-state index < -0.39 is 24.7 Å². The Labute approximate surface area is 103 Å². The zero-order chi connectivity index (χ0) is 13.9. The summed E-state index contributed by atoms with van der Waals surface area (Å²) in [6, 6.07) is 2.14. The zero-order valence-electron chi connectivity index (χ0n) is 10.0. The van der Waals surface area contributed by atoms with Gasteiger partial charge in [-0.1, -0.05) is 0 Å². The Morgan fingerprint density at radius 2 is 2.11 bits per heavy atom. The van der Waals surface area contributed by atoms with Crippen LogP contribution in [0.1, 0.15) is 24.3 Å². The number of carbonyl (C=O) groups is 1. The second-order valence-electron chi connectivity index (χ2n) is 4.12. The fraction of sp³-hybridized carbons (Fsp3) is 0.455. The topological polar surface area (TPSA) is 59.2 Å². The molecule has 0 aliphatic rings. The van der Waals surface area contributed by atoms with Crippen LogP contribution in [0.25, 0.3) is 0 Å². The first-order valence-electron chi connectivity index (χ1n) is 5.30. The van der Waals surface area contributed by atoms with Gasteiger partial charge in [-0.15, -0.1) is 0 Å². The number of carbonyl (C=O) groups excluding carboxylic acids is 1. The molecule has 1 aromatic heterocycles. The molecule has 1 heterocycles. The molecule has 18 heavy (non-hydrogen) atoms. The summed E-state index contributed by atoms with van der Waals surface area (Å²) < 4.78 is 37.1. The van der Waals surface area contributed by atoms with Crippen LogP contribution in [0.3, 0.4) is 0 Å². The summed E-state index contributed by atoms with van der Waals surface area (Å²) in [7, 11) is 0. The van der Waals surface area contributed by atoms with Crippen LogP contribution in [-0.4, -0.2) is 34.6 Å². The van der Waals surface area contributed by atoms with Crippen molar-refractivity contribution in [2.45, 2.75) is 26.1 Å². The minimum atomic E-state index is -4.44. The van der Waals surface area contributed by atoms with E-state index in [0.717, 1.165) is 0 Å². The Morgan fingerprint density at radius 3 is 2.56 bits per heavy atom. The van der Waals surface area contributed by atoms with Crippen LogP contribution in [0.4, 0.5) is 18.9 Å². The molecule has 2 N–H and O–H groups in total. The molecule has 0 fully saturated rings. The number of amides is 1. The molecule has 0 radical (unpaired) electrons. The van der Waals surface area contributed by atoms with Crippen LogP contribution in [0.5, 0.6) is 0 Å². The van der Waals surface area contributed by atoms with E-state index in [4.69, 9.17) is 5.73 Å². The minimum Gasteiger partial charge on any atom is -0.399 e. The molecular weight excluding hydrogens is 247 g/mol. The Bertz CT molecular complexity index is 432. The molecular formula is C11H14F3N3O. The molecule has 0 aromatic carbocycles. The fourth-order valence-corrected chi connectivity index (χ4v) is 1.39. The van der Waals surface area contributed by atoms with Gasteiger partial charge in [-0.2, -0.15) is 13.2 Å². The van der Waals surface area contributed by atoms with E-state index in [1.807, 2.05) is 0 Å². The van der Waals surface area contributed by atoms with Gasteiger partial charge in [0.25, 0.3) is 5.91 Å². The Kier molecular flexibility index (Phi) is 4.15. The molecule has 0 saturated heterocycles. The van der Waals surface area contributed by atoms with Gasteiger partial charge in [0.05, 0.1) is 0 Å². The minimum absolute atomic E-state index is 0.0899. The van der Waals surface area contributed by atoms with E-state index in [2.05, 4.69) is 4.98 Å². The summed E-state index contributed by atoms with van der Waals surface area (Å²) in [5, 5.41) is 0. The summed E-state index contributed by atoms with van der Waals surface area (Å²) in [5.74, 6) is -0.783. The number of rotatable bonds is 3. The van der Waals surface area contributed by atoms with E-state index in [1.165, 1.54) is 32.2 Å². The number of anilines is 1. The van der Waals surface area contributed by atoms with E-state index >= 15 is 0 Å². The lowest BCUT2D eigenvalue weighted by Gasteiger charge is -2.27. The van der Waals surface area contributed by atoms with Gasteiger partial charge in [0, 0.05) is 17.9 Å². The summed E-state index contributed by atoms with van der Waals surface area (Å²) >= 11 is 0. The van der Waals surface area contributed by atoms with Gasteiger partial charge in [-0.05, 0) is 26.0 Å². The van der Waals surface area contributed by atoms with Gasteiger partial charge in [0.15, 0.2) is 0 Å². The molecule has 1 amide bonds. The standard InChI is InChI=1S/C11H14F3N3O/c1-7(2)17(6-11(12,13)14)10(18)9-5-8(15)3-4-16-9/h3-5,7H,6H2,1-2H3,(H2,15,16). The maximum atomic E-state index is 12.4. The van der Waals surface area contributed by atoms with Crippen LogP contribution in [0.15, 0.2) is 18.3 Å². The van der Waals surface area contributed by atoms with Crippen molar-refractivity contribution in [1.82, 2.24) is 9.88 Å². The molecule has 0 unspecified atom stereocenters. The maximum absolute atomic E-state index is 12.4. The second kappa shape index (κ2) is 5.24. The smallest absolute Gasteiger partial charge is 0.399 e. The van der Waals surface area contributed by atoms with Crippen molar-refractivity contribution in [3.05, 3.63) is 24.0 Å². The number of alkyl halides is 3. The normalized spacial score (nSPS) is 11.7. The molecule has 0 aliphatic carbocycles. The summed E-state index contributed by atoms with van der Waals surface area (Å²) in [4.78, 5) is 16.4. The summed E-state index contributed by atoms with van der Waals surface area (Å²) in [6.45, 7) is 1.71. The largest absolute Gasteiger partial charge is 0.406 e. The van der Waals surface area contributed by atoms with E-state index in [-0.39, 0.29) is 11.4 Å². The first-order valence-corrected chi connectivity index (χ1v) is 5.30. The zero-order valence-corrected chi connectivity index (χ0v) is 10.0. The SMILES string of the molecule is CC(C)N(CC(F)(F)F)C(=O)c1cc(N)ccn1. The van der Waals surface area contributed by atoms with Crippen molar-refractivity contribution in [2.75, 3.05) is 12.3 Å². The van der Waals surface area contributed by atoms with Gasteiger partial charge >= 0.3 is 6.18 Å². The predicted molar refractivity (Wildman–Crippen MR) is 60.9 cm³/mol. The molecule has 4 nitrogen and oxygen atoms in total. The third-order valence-electron chi connectivity index (χ3n) is 2.24.